The van der Waals surface area contributed by atoms with Crippen LogP contribution in [0.2, 0.25) is 0 Å². The number of carbonyl (C=O) groups excluding carboxylic acids is 1. The molecular weight excluding hydrogens is 408 g/mol. The van der Waals surface area contributed by atoms with Crippen LogP contribution in [-0.2, 0) is 22.6 Å². The maximum Gasteiger partial charge on any atom is 0.297 e. The molecule has 8 nitrogen and oxygen atoms in total. The number of carbonyl (C=O) groups is 1. The van der Waals surface area contributed by atoms with Crippen molar-refractivity contribution in [2.24, 2.45) is 0 Å². The maximum atomic E-state index is 12.8. The molecule has 32 heavy (non-hydrogen) atoms. The van der Waals surface area contributed by atoms with Gasteiger partial charge in [0.1, 0.15) is 17.6 Å². The number of morpholine rings is 1. The number of nitrogens with one attached hydrogen (secondary N) is 1. The quantitative estimate of drug-likeness (QED) is 0.502. The molecule has 1 saturated heterocycles. The van der Waals surface area contributed by atoms with E-state index in [1.165, 1.54) is 16.5 Å². The minimum absolute atomic E-state index is 0.0934. The molecule has 1 N–H and O–H groups in total. The summed E-state index contributed by atoms with van der Waals surface area (Å²) < 4.78 is 12.7. The van der Waals surface area contributed by atoms with Gasteiger partial charge in [-0.2, -0.15) is 0 Å². The zero-order valence-electron chi connectivity index (χ0n) is 17.6. The van der Waals surface area contributed by atoms with E-state index < -0.39 is 0 Å². The summed E-state index contributed by atoms with van der Waals surface area (Å²) in [5.41, 5.74) is 2.16. The Kier molecular flexibility index (Phi) is 5.70. The van der Waals surface area contributed by atoms with E-state index in [2.05, 4.69) is 27.3 Å². The van der Waals surface area contributed by atoms with E-state index in [9.17, 15) is 9.59 Å². The van der Waals surface area contributed by atoms with Gasteiger partial charge in [-0.15, -0.1) is 0 Å². The molecule has 0 spiro atoms. The van der Waals surface area contributed by atoms with Gasteiger partial charge in [0, 0.05) is 31.6 Å². The average Bonchev–Trinajstić information content (AvgIpc) is 3.20. The van der Waals surface area contributed by atoms with Gasteiger partial charge in [-0.05, 0) is 17.7 Å². The highest BCUT2D eigenvalue weighted by molar-refractivity contribution is 6.01. The first-order chi connectivity index (χ1) is 15.7. The van der Waals surface area contributed by atoms with Crippen molar-refractivity contribution >= 4 is 28.0 Å². The van der Waals surface area contributed by atoms with Gasteiger partial charge in [-0.25, -0.2) is 4.98 Å². The fourth-order valence-electron chi connectivity index (χ4n) is 4.06. The van der Waals surface area contributed by atoms with Crippen LogP contribution < -0.4 is 10.9 Å². The van der Waals surface area contributed by atoms with Gasteiger partial charge in [0.15, 0.2) is 0 Å². The molecular formula is C24H24N4O4. The van der Waals surface area contributed by atoms with Crippen LogP contribution in [0.1, 0.15) is 5.56 Å². The number of ether oxygens (including phenoxy) is 1. The summed E-state index contributed by atoms with van der Waals surface area (Å²) in [5, 5.41) is 3.66. The first kappa shape index (κ1) is 20.4. The molecule has 5 rings (SSSR count). The van der Waals surface area contributed by atoms with Crippen molar-refractivity contribution in [3.05, 3.63) is 76.8 Å². The Morgan fingerprint density at radius 1 is 1.12 bits per heavy atom. The first-order valence-electron chi connectivity index (χ1n) is 10.7. The van der Waals surface area contributed by atoms with Gasteiger partial charge in [0.2, 0.25) is 11.5 Å². The second-order valence-corrected chi connectivity index (χ2v) is 7.97. The third kappa shape index (κ3) is 4.28. The molecule has 1 amide bonds. The minimum atomic E-state index is -0.371. The van der Waals surface area contributed by atoms with Crippen molar-refractivity contribution in [2.45, 2.75) is 19.2 Å². The van der Waals surface area contributed by atoms with Crippen molar-refractivity contribution in [3.63, 3.8) is 0 Å². The number of rotatable bonds is 6. The van der Waals surface area contributed by atoms with Crippen molar-refractivity contribution in [2.75, 3.05) is 26.2 Å². The second-order valence-electron chi connectivity index (χ2n) is 7.97. The Labute approximate surface area is 184 Å². The van der Waals surface area contributed by atoms with E-state index >= 15 is 0 Å². The number of hydrogen-bond donors (Lipinski definition) is 1. The van der Waals surface area contributed by atoms with Crippen molar-refractivity contribution in [1.82, 2.24) is 19.8 Å². The lowest BCUT2D eigenvalue weighted by molar-refractivity contribution is -0.123. The summed E-state index contributed by atoms with van der Waals surface area (Å²) >= 11 is 0. The van der Waals surface area contributed by atoms with Crippen LogP contribution in [0.5, 0.6) is 0 Å². The van der Waals surface area contributed by atoms with Crippen LogP contribution >= 0.6 is 0 Å². The number of furan rings is 1. The van der Waals surface area contributed by atoms with Gasteiger partial charge in [-0.3, -0.25) is 19.1 Å². The smallest absolute Gasteiger partial charge is 0.297 e. The minimum Gasteiger partial charge on any atom is -0.448 e. The summed E-state index contributed by atoms with van der Waals surface area (Å²) in [5.74, 6) is -0.270. The molecule has 164 valence electrons. The Balaban J connectivity index is 1.19. The van der Waals surface area contributed by atoms with E-state index in [0.29, 0.717) is 24.3 Å². The molecule has 2 aromatic heterocycles. The maximum absolute atomic E-state index is 12.8. The van der Waals surface area contributed by atoms with Crippen LogP contribution in [-0.4, -0.2) is 52.7 Å². The molecule has 1 unspecified atom stereocenters. The van der Waals surface area contributed by atoms with Crippen LogP contribution in [0, 0.1) is 0 Å². The van der Waals surface area contributed by atoms with Crippen molar-refractivity contribution < 1.29 is 13.9 Å². The Bertz CT molecular complexity index is 1300. The highest BCUT2D eigenvalue weighted by Gasteiger charge is 2.21. The lowest BCUT2D eigenvalue weighted by Gasteiger charge is -2.33. The van der Waals surface area contributed by atoms with E-state index in [0.717, 1.165) is 25.0 Å². The number of nitrogens with zero attached hydrogens (tertiary/aromatic N) is 3. The van der Waals surface area contributed by atoms with Crippen LogP contribution in [0.15, 0.2) is 70.1 Å². The van der Waals surface area contributed by atoms with Gasteiger partial charge in [-0.1, -0.05) is 42.5 Å². The van der Waals surface area contributed by atoms with E-state index in [-0.39, 0.29) is 29.7 Å². The predicted octanol–water partition coefficient (Wildman–Crippen LogP) is 2.16. The summed E-state index contributed by atoms with van der Waals surface area (Å²) in [6.45, 7) is 3.34. The molecule has 1 aliphatic heterocycles. The van der Waals surface area contributed by atoms with E-state index in [1.807, 2.05) is 36.4 Å². The third-order valence-electron chi connectivity index (χ3n) is 5.66. The zero-order chi connectivity index (χ0) is 21.9. The van der Waals surface area contributed by atoms with Gasteiger partial charge >= 0.3 is 0 Å². The number of hydrogen-bond acceptors (Lipinski definition) is 6. The van der Waals surface area contributed by atoms with Crippen molar-refractivity contribution in [3.8, 4) is 0 Å². The Hall–Kier alpha value is -3.49. The molecule has 1 aliphatic rings. The third-order valence-corrected chi connectivity index (χ3v) is 5.66. The summed E-state index contributed by atoms with van der Waals surface area (Å²) in [7, 11) is 0. The molecule has 1 atom stereocenters. The van der Waals surface area contributed by atoms with Gasteiger partial charge in [0.25, 0.3) is 5.56 Å². The largest absolute Gasteiger partial charge is 0.448 e. The number of para-hydroxylation sites is 1. The number of amides is 1. The lowest BCUT2D eigenvalue weighted by Crippen LogP contribution is -2.47. The number of aromatic nitrogens is 2. The number of fused-ring (bicyclic) bond motifs is 3. The average molecular weight is 432 g/mol. The standard InChI is InChI=1S/C24H24N4O4/c29-21(25-12-18-14-27(10-11-31-18)13-17-6-2-1-3-7-17)15-28-16-26-22-19-8-4-5-9-20(19)32-23(22)24(28)30/h1-9,16,18H,10-15H2,(H,25,29). The SMILES string of the molecule is O=C(Cn1cnc2c(oc3ccccc32)c1=O)NCC1CN(Cc2ccccc2)CCO1. The molecule has 4 aromatic rings. The van der Waals surface area contributed by atoms with E-state index in [4.69, 9.17) is 9.15 Å². The van der Waals surface area contributed by atoms with Crippen LogP contribution in [0.3, 0.4) is 0 Å². The Morgan fingerprint density at radius 3 is 2.81 bits per heavy atom. The van der Waals surface area contributed by atoms with Crippen LogP contribution in [0.25, 0.3) is 22.1 Å². The summed E-state index contributed by atoms with van der Waals surface area (Å²) in [6.07, 6.45) is 1.30. The molecule has 0 bridgehead atoms. The normalized spacial score (nSPS) is 17.1. The summed E-state index contributed by atoms with van der Waals surface area (Å²) in [6, 6.07) is 17.6. The first-order valence-corrected chi connectivity index (χ1v) is 10.7. The molecule has 0 saturated carbocycles. The fourth-order valence-corrected chi connectivity index (χ4v) is 4.06. The topological polar surface area (TPSA) is 89.6 Å². The van der Waals surface area contributed by atoms with Crippen LogP contribution in [0.4, 0.5) is 0 Å². The molecule has 1 fully saturated rings. The molecule has 0 radical (unpaired) electrons. The highest BCUT2D eigenvalue weighted by Crippen LogP contribution is 2.24. The van der Waals surface area contributed by atoms with Gasteiger partial charge in [0.05, 0.1) is 19.0 Å². The highest BCUT2D eigenvalue weighted by atomic mass is 16.5. The predicted molar refractivity (Wildman–Crippen MR) is 120 cm³/mol. The molecule has 8 heteroatoms. The zero-order valence-corrected chi connectivity index (χ0v) is 17.6. The monoisotopic (exact) mass is 432 g/mol. The summed E-state index contributed by atoms with van der Waals surface area (Å²) in [4.78, 5) is 31.9. The van der Waals surface area contributed by atoms with E-state index in [1.54, 1.807) is 6.07 Å². The second kappa shape index (κ2) is 8.94. The molecule has 3 heterocycles. The van der Waals surface area contributed by atoms with Crippen molar-refractivity contribution in [1.29, 1.82) is 0 Å². The number of benzene rings is 2. The fraction of sp³-hybridized carbons (Fsp3) is 0.292. The molecule has 2 aromatic carbocycles. The Morgan fingerprint density at radius 2 is 1.94 bits per heavy atom. The lowest BCUT2D eigenvalue weighted by atomic mass is 10.2. The molecule has 0 aliphatic carbocycles. The van der Waals surface area contributed by atoms with Gasteiger partial charge < -0.3 is 14.5 Å².